The van der Waals surface area contributed by atoms with Crippen LogP contribution in [-0.4, -0.2) is 61.3 Å². The second-order valence-corrected chi connectivity index (χ2v) is 15.4. The van der Waals surface area contributed by atoms with Crippen LogP contribution in [0.2, 0.25) is 0 Å². The SMILES string of the molecule is Cn1cc([C@@H]2O[C@@H]3C[C@H]4[C@@H]5CCC6=CC(=O)C=C[C@]6(C)[C@@]5(F)[C@@H](O)C[C@]4(C)[C@]3(C(=O)CO[PH](=O)O)O2)cc1Cc1ccc(CO)c(N)c1. The number of hydrogen-bond donors (Lipinski definition) is 4. The van der Waals surface area contributed by atoms with Gasteiger partial charge in [0.1, 0.15) is 6.61 Å². The van der Waals surface area contributed by atoms with Gasteiger partial charge in [-0.3, -0.25) is 14.2 Å². The molecular formula is C35H42FN2O9P. The predicted molar refractivity (Wildman–Crippen MR) is 172 cm³/mol. The number of ether oxygens (including phenoxy) is 2. The summed E-state index contributed by atoms with van der Waals surface area (Å²) in [5.41, 5.74) is 4.26. The first-order valence-corrected chi connectivity index (χ1v) is 17.6. The van der Waals surface area contributed by atoms with Gasteiger partial charge in [-0.25, -0.2) is 4.39 Å². The molecular weight excluding hydrogens is 642 g/mol. The van der Waals surface area contributed by atoms with Crippen molar-refractivity contribution in [1.29, 1.82) is 0 Å². The zero-order valence-corrected chi connectivity index (χ0v) is 28.1. The number of carbonyl (C=O) groups is 2. The summed E-state index contributed by atoms with van der Waals surface area (Å²) in [6, 6.07) is 7.41. The lowest BCUT2D eigenvalue weighted by Crippen LogP contribution is -2.69. The van der Waals surface area contributed by atoms with E-state index < -0.39 is 73.1 Å². The van der Waals surface area contributed by atoms with Gasteiger partial charge in [0.05, 0.1) is 18.8 Å². The Morgan fingerprint density at radius 1 is 1.25 bits per heavy atom. The van der Waals surface area contributed by atoms with Crippen molar-refractivity contribution >= 4 is 25.5 Å². The summed E-state index contributed by atoms with van der Waals surface area (Å²) in [7, 11) is -1.57. The fourth-order valence-corrected chi connectivity index (χ4v) is 10.1. The Balaban J connectivity index is 1.23. The first kappa shape index (κ1) is 33.5. The van der Waals surface area contributed by atoms with E-state index in [1.165, 1.54) is 12.2 Å². The first-order valence-electron chi connectivity index (χ1n) is 16.3. The molecule has 10 atom stereocenters. The number of nitrogens with two attached hydrogens (primary N) is 1. The number of anilines is 1. The van der Waals surface area contributed by atoms with Gasteiger partial charge in [0.25, 0.3) is 0 Å². The maximum Gasteiger partial charge on any atom is 0.317 e. The fraction of sp³-hybridized carbons (Fsp3) is 0.543. The van der Waals surface area contributed by atoms with Gasteiger partial charge in [0, 0.05) is 58.9 Å². The third kappa shape index (κ3) is 4.64. The monoisotopic (exact) mass is 684 g/mol. The van der Waals surface area contributed by atoms with Crippen LogP contribution in [0.15, 0.2) is 54.3 Å². The summed E-state index contributed by atoms with van der Waals surface area (Å²) < 4.78 is 49.4. The van der Waals surface area contributed by atoms with Gasteiger partial charge < -0.3 is 39.4 Å². The van der Waals surface area contributed by atoms with Crippen molar-refractivity contribution in [3.05, 3.63) is 76.6 Å². The summed E-state index contributed by atoms with van der Waals surface area (Å²) in [6.07, 6.45) is 4.43. The zero-order valence-electron chi connectivity index (χ0n) is 27.1. The predicted octanol–water partition coefficient (Wildman–Crippen LogP) is 3.79. The van der Waals surface area contributed by atoms with Crippen LogP contribution >= 0.6 is 8.25 Å². The summed E-state index contributed by atoms with van der Waals surface area (Å²) in [5, 5.41) is 21.3. The summed E-state index contributed by atoms with van der Waals surface area (Å²) in [4.78, 5) is 35.9. The van der Waals surface area contributed by atoms with E-state index in [4.69, 9.17) is 19.7 Å². The molecule has 0 amide bonds. The Hall–Kier alpha value is -2.96. The molecule has 1 aromatic heterocycles. The van der Waals surface area contributed by atoms with Crippen molar-refractivity contribution in [2.24, 2.45) is 29.7 Å². The van der Waals surface area contributed by atoms with Crippen molar-refractivity contribution < 1.29 is 47.6 Å². The number of nitrogen functional groups attached to an aromatic ring is 1. The Bertz CT molecular complexity index is 1780. The number of fused-ring (bicyclic) bond motifs is 7. The summed E-state index contributed by atoms with van der Waals surface area (Å²) in [6.45, 7) is 2.70. The van der Waals surface area contributed by atoms with E-state index in [0.29, 0.717) is 41.6 Å². The molecule has 0 bridgehead atoms. The van der Waals surface area contributed by atoms with Gasteiger partial charge >= 0.3 is 8.25 Å². The highest BCUT2D eigenvalue weighted by molar-refractivity contribution is 7.32. The van der Waals surface area contributed by atoms with Crippen LogP contribution in [-0.2, 0) is 48.2 Å². The number of aromatic nitrogens is 1. The van der Waals surface area contributed by atoms with E-state index in [1.54, 1.807) is 19.1 Å². The van der Waals surface area contributed by atoms with Crippen molar-refractivity contribution in [1.82, 2.24) is 4.57 Å². The topological polar surface area (TPSA) is 171 Å². The molecule has 2 heterocycles. The molecule has 2 aromatic rings. The van der Waals surface area contributed by atoms with E-state index in [9.17, 15) is 29.3 Å². The molecule has 5 aliphatic rings. The lowest BCUT2D eigenvalue weighted by Gasteiger charge is -2.62. The maximum absolute atomic E-state index is 17.7. The van der Waals surface area contributed by atoms with E-state index in [0.717, 1.165) is 11.3 Å². The Kier molecular flexibility index (Phi) is 8.07. The smallest absolute Gasteiger partial charge is 0.317 e. The third-order valence-electron chi connectivity index (χ3n) is 12.3. The van der Waals surface area contributed by atoms with Gasteiger partial charge in [-0.1, -0.05) is 30.7 Å². The molecule has 0 radical (unpaired) electrons. The summed E-state index contributed by atoms with van der Waals surface area (Å²) >= 11 is 0. The number of benzene rings is 1. The highest BCUT2D eigenvalue weighted by Gasteiger charge is 2.79. The minimum atomic E-state index is -3.45. The molecule has 48 heavy (non-hydrogen) atoms. The van der Waals surface area contributed by atoms with Crippen LogP contribution in [0.5, 0.6) is 0 Å². The molecule has 0 spiro atoms. The number of hydrogen-bond acceptors (Lipinski definition) is 9. The van der Waals surface area contributed by atoms with Crippen LogP contribution in [0.25, 0.3) is 0 Å². The number of nitrogens with zero attached hydrogens (tertiary/aromatic N) is 1. The maximum atomic E-state index is 17.7. The lowest BCUT2D eigenvalue weighted by atomic mass is 9.44. The van der Waals surface area contributed by atoms with E-state index in [2.05, 4.69) is 0 Å². The average molecular weight is 685 g/mol. The highest BCUT2D eigenvalue weighted by Crippen LogP contribution is 2.72. The van der Waals surface area contributed by atoms with Crippen molar-refractivity contribution in [3.8, 4) is 0 Å². The average Bonchev–Trinajstić information content (AvgIpc) is 3.67. The van der Waals surface area contributed by atoms with Crippen LogP contribution in [0.1, 0.15) is 68.2 Å². The number of rotatable bonds is 8. The van der Waals surface area contributed by atoms with Gasteiger partial charge in [0.15, 0.2) is 29.1 Å². The largest absolute Gasteiger partial charge is 0.398 e. The molecule has 5 N–H and O–H groups in total. The molecule has 1 aliphatic heterocycles. The molecule has 1 aromatic carbocycles. The first-order chi connectivity index (χ1) is 22.7. The molecule has 11 nitrogen and oxygen atoms in total. The molecule has 1 unspecified atom stereocenters. The molecule has 4 fully saturated rings. The Labute approximate surface area is 278 Å². The standard InChI is InChI=1S/C35H42FN2O9P/c1-32-9-8-24(40)13-22(32)6-7-25-26-14-30-35(29(42)18-45-48(43)44,33(26,2)15-28(41)34(25,32)36)47-31(46-30)21-12-23(38(3)16-21)10-19-4-5-20(17-39)27(37)11-19/h4-5,8-9,11-13,16,25-26,28,30-31,39,41,48H,6-7,10,14-15,17-18,37H2,1-3H3,(H,43,44)/t25-,26-,28-,30+,31+,32-,33-,34-,35+/m0/s1. The minimum Gasteiger partial charge on any atom is -0.398 e. The minimum absolute atomic E-state index is 0.132. The zero-order chi connectivity index (χ0) is 34.4. The molecule has 3 saturated carbocycles. The number of halogens is 1. The number of carbonyl (C=O) groups excluding carboxylic acids is 2. The molecule has 258 valence electrons. The second-order valence-electron chi connectivity index (χ2n) is 14.5. The molecule has 7 rings (SSSR count). The quantitative estimate of drug-likeness (QED) is 0.237. The van der Waals surface area contributed by atoms with Crippen LogP contribution in [0.4, 0.5) is 10.1 Å². The number of allylic oxidation sites excluding steroid dienone is 4. The number of aryl methyl sites for hydroxylation is 1. The summed E-state index contributed by atoms with van der Waals surface area (Å²) in [5.74, 6) is -1.93. The van der Waals surface area contributed by atoms with Gasteiger partial charge in [-0.15, -0.1) is 0 Å². The van der Waals surface area contributed by atoms with Crippen LogP contribution in [0, 0.1) is 22.7 Å². The Morgan fingerprint density at radius 2 is 2.02 bits per heavy atom. The Morgan fingerprint density at radius 3 is 2.73 bits per heavy atom. The number of alkyl halides is 1. The van der Waals surface area contributed by atoms with Crippen molar-refractivity contribution in [3.63, 3.8) is 0 Å². The van der Waals surface area contributed by atoms with Crippen molar-refractivity contribution in [2.75, 3.05) is 12.3 Å². The lowest BCUT2D eigenvalue weighted by molar-refractivity contribution is -0.231. The second kappa shape index (κ2) is 11.6. The number of Topliss-reactive ketones (excluding diaryl/α,β-unsaturated/α-hetero) is 1. The third-order valence-corrected chi connectivity index (χ3v) is 12.7. The number of ketones is 2. The van der Waals surface area contributed by atoms with Gasteiger partial charge in [0.2, 0.25) is 0 Å². The van der Waals surface area contributed by atoms with Gasteiger partial charge in [-0.2, -0.15) is 0 Å². The van der Waals surface area contributed by atoms with Crippen LogP contribution in [0.3, 0.4) is 0 Å². The van der Waals surface area contributed by atoms with E-state index in [1.807, 2.05) is 42.9 Å². The number of aliphatic hydroxyl groups excluding tert-OH is 2. The molecule has 13 heteroatoms. The molecule has 1 saturated heterocycles. The van der Waals surface area contributed by atoms with E-state index >= 15 is 4.39 Å². The fourth-order valence-electron chi connectivity index (χ4n) is 9.89. The van der Waals surface area contributed by atoms with E-state index in [-0.39, 0.29) is 25.2 Å². The highest BCUT2D eigenvalue weighted by atomic mass is 31.1. The number of aliphatic hydroxyl groups is 2. The van der Waals surface area contributed by atoms with Crippen LogP contribution < -0.4 is 5.73 Å². The molecule has 4 aliphatic carbocycles. The van der Waals surface area contributed by atoms with Crippen molar-refractivity contribution in [2.45, 2.75) is 82.3 Å². The van der Waals surface area contributed by atoms with Gasteiger partial charge in [-0.05, 0) is 68.4 Å². The normalized spacial score (nSPS) is 38.9.